The molecule has 0 aromatic carbocycles. The van der Waals surface area contributed by atoms with Crippen LogP contribution in [0, 0.1) is 0 Å². The molecule has 0 aromatic heterocycles. The Balaban J connectivity index is 0. The van der Waals surface area contributed by atoms with Crippen LogP contribution in [-0.4, -0.2) is 32.6 Å². The Hall–Kier alpha value is -0.540. The molecule has 0 saturated carbocycles. The smallest absolute Gasteiger partial charge is 0.243 e. The number of rotatable bonds is 6. The van der Waals surface area contributed by atoms with Crippen LogP contribution in [0.2, 0.25) is 0 Å². The third kappa shape index (κ3) is 9.37. The van der Waals surface area contributed by atoms with E-state index in [9.17, 15) is 4.79 Å². The molecule has 4 heteroatoms. The number of hydrogen-bond acceptors (Lipinski definition) is 1. The van der Waals surface area contributed by atoms with E-state index in [1.165, 1.54) is 11.0 Å². The lowest BCUT2D eigenvalue weighted by atomic mass is 10.4. The van der Waals surface area contributed by atoms with E-state index in [2.05, 4.69) is 25.9 Å². The van der Waals surface area contributed by atoms with E-state index in [4.69, 9.17) is 0 Å². The number of hydrogen-bond donors (Lipinski definition) is 2. The fourth-order valence-electron chi connectivity index (χ4n) is 0.851. The molecular weight excluding hydrogens is 188 g/mol. The lowest BCUT2D eigenvalue weighted by Crippen LogP contribution is -3.08. The average Bonchev–Trinajstić information content (AvgIpc) is 2.11. The fraction of sp³-hybridized carbons (Fsp3) is 0.667. The molecule has 2 N–H and O–H groups in total. The van der Waals surface area contributed by atoms with E-state index >= 15 is 0 Å². The molecule has 3 nitrogen and oxygen atoms in total. The first-order chi connectivity index (χ1) is 5.70. The minimum atomic E-state index is -0.0795. The Morgan fingerprint density at radius 3 is 2.69 bits per heavy atom. The Labute approximate surface area is 86.6 Å². The molecule has 0 aliphatic rings. The highest BCUT2D eigenvalue weighted by Gasteiger charge is 1.97. The van der Waals surface area contributed by atoms with Gasteiger partial charge in [-0.2, -0.15) is 0 Å². The summed E-state index contributed by atoms with van der Waals surface area (Å²) in [6, 6.07) is 0. The minimum absolute atomic E-state index is 0. The molecule has 0 fully saturated rings. The first-order valence-electron chi connectivity index (χ1n) is 4.42. The zero-order chi connectivity index (χ0) is 9.40. The van der Waals surface area contributed by atoms with Gasteiger partial charge in [0.1, 0.15) is 0 Å². The maximum atomic E-state index is 10.7. The van der Waals surface area contributed by atoms with Gasteiger partial charge in [0.05, 0.1) is 20.1 Å². The summed E-state index contributed by atoms with van der Waals surface area (Å²) in [5.41, 5.74) is 0. The van der Waals surface area contributed by atoms with Crippen molar-refractivity contribution in [1.82, 2.24) is 5.32 Å². The highest BCUT2D eigenvalue weighted by atomic mass is 35.5. The van der Waals surface area contributed by atoms with Crippen LogP contribution in [0.5, 0.6) is 0 Å². The monoisotopic (exact) mass is 206 g/mol. The number of carbonyl (C=O) groups excluding carboxylic acids is 1. The normalized spacial score (nSPS) is 11.2. The molecule has 0 saturated heterocycles. The van der Waals surface area contributed by atoms with Gasteiger partial charge >= 0.3 is 0 Å². The van der Waals surface area contributed by atoms with Crippen molar-refractivity contribution in [3.05, 3.63) is 12.7 Å². The van der Waals surface area contributed by atoms with E-state index in [1.54, 1.807) is 0 Å². The zero-order valence-corrected chi connectivity index (χ0v) is 9.16. The standard InChI is InChI=1S/C9H18N2O.ClH/c1-4-9(12)10-7-6-8-11(3)5-2;/h4H,1,5-8H2,2-3H3,(H,10,12);1H. The molecule has 0 aliphatic carbocycles. The summed E-state index contributed by atoms with van der Waals surface area (Å²) in [5, 5.41) is 2.74. The van der Waals surface area contributed by atoms with E-state index in [1.807, 2.05) is 0 Å². The summed E-state index contributed by atoms with van der Waals surface area (Å²) < 4.78 is 0. The van der Waals surface area contributed by atoms with Gasteiger partial charge in [-0.3, -0.25) is 4.79 Å². The average molecular weight is 207 g/mol. The lowest BCUT2D eigenvalue weighted by molar-refractivity contribution is -0.877. The fourth-order valence-corrected chi connectivity index (χ4v) is 0.851. The summed E-state index contributed by atoms with van der Waals surface area (Å²) in [4.78, 5) is 12.2. The topological polar surface area (TPSA) is 33.5 Å². The summed E-state index contributed by atoms with van der Waals surface area (Å²) in [7, 11) is 2.15. The predicted octanol–water partition coefficient (Wildman–Crippen LogP) is -3.78. The molecule has 1 unspecified atom stereocenters. The molecule has 78 valence electrons. The quantitative estimate of drug-likeness (QED) is 0.340. The molecule has 0 spiro atoms. The van der Waals surface area contributed by atoms with Crippen LogP contribution in [0.3, 0.4) is 0 Å². The van der Waals surface area contributed by atoms with Crippen molar-refractivity contribution in [3.63, 3.8) is 0 Å². The van der Waals surface area contributed by atoms with Crippen molar-refractivity contribution < 1.29 is 22.1 Å². The second kappa shape index (κ2) is 9.55. The number of nitrogens with one attached hydrogen (secondary N) is 2. The van der Waals surface area contributed by atoms with Crippen molar-refractivity contribution in [3.8, 4) is 0 Å². The van der Waals surface area contributed by atoms with Crippen LogP contribution in [0.1, 0.15) is 13.3 Å². The third-order valence-electron chi connectivity index (χ3n) is 1.87. The number of amides is 1. The second-order valence-electron chi connectivity index (χ2n) is 2.91. The van der Waals surface area contributed by atoms with Crippen molar-refractivity contribution in [2.24, 2.45) is 0 Å². The van der Waals surface area contributed by atoms with Crippen LogP contribution >= 0.6 is 0 Å². The van der Waals surface area contributed by atoms with Crippen molar-refractivity contribution in [1.29, 1.82) is 0 Å². The molecule has 0 bridgehead atoms. The van der Waals surface area contributed by atoms with Gasteiger partial charge in [-0.1, -0.05) is 6.58 Å². The van der Waals surface area contributed by atoms with E-state index < -0.39 is 0 Å². The van der Waals surface area contributed by atoms with Gasteiger partial charge in [0.2, 0.25) is 5.91 Å². The predicted molar refractivity (Wildman–Crippen MR) is 50.1 cm³/mol. The summed E-state index contributed by atoms with van der Waals surface area (Å²) in [5.74, 6) is -0.0795. The molecule has 0 radical (unpaired) electrons. The van der Waals surface area contributed by atoms with Crippen LogP contribution in [0.15, 0.2) is 12.7 Å². The van der Waals surface area contributed by atoms with E-state index in [0.29, 0.717) is 0 Å². The lowest BCUT2D eigenvalue weighted by Gasteiger charge is -2.10. The van der Waals surface area contributed by atoms with Crippen molar-refractivity contribution >= 4 is 5.91 Å². The van der Waals surface area contributed by atoms with Gasteiger partial charge in [0.15, 0.2) is 0 Å². The van der Waals surface area contributed by atoms with E-state index in [-0.39, 0.29) is 18.3 Å². The zero-order valence-electron chi connectivity index (χ0n) is 8.40. The highest BCUT2D eigenvalue weighted by Crippen LogP contribution is 1.71. The molecule has 1 atom stereocenters. The third-order valence-corrected chi connectivity index (χ3v) is 1.87. The Morgan fingerprint density at radius 2 is 2.23 bits per heavy atom. The Morgan fingerprint density at radius 1 is 1.62 bits per heavy atom. The molecule has 0 aromatic rings. The molecule has 13 heavy (non-hydrogen) atoms. The summed E-state index contributed by atoms with van der Waals surface area (Å²) >= 11 is 0. The van der Waals surface area contributed by atoms with Crippen LogP contribution in [-0.2, 0) is 4.79 Å². The number of carbonyl (C=O) groups is 1. The molecule has 0 aliphatic heterocycles. The molecule has 1 amide bonds. The van der Waals surface area contributed by atoms with Gasteiger partial charge in [-0.05, 0) is 13.0 Å². The number of quaternary nitrogens is 1. The van der Waals surface area contributed by atoms with Crippen LogP contribution < -0.4 is 22.6 Å². The Bertz CT molecular complexity index is 151. The summed E-state index contributed by atoms with van der Waals surface area (Å²) in [6.07, 6.45) is 2.33. The van der Waals surface area contributed by atoms with Gasteiger partial charge in [0.25, 0.3) is 0 Å². The van der Waals surface area contributed by atoms with Gasteiger partial charge in [-0.15, -0.1) is 0 Å². The molecule has 0 heterocycles. The highest BCUT2D eigenvalue weighted by molar-refractivity contribution is 5.86. The largest absolute Gasteiger partial charge is 1.00 e. The minimum Gasteiger partial charge on any atom is -1.00 e. The maximum absolute atomic E-state index is 10.7. The van der Waals surface area contributed by atoms with Crippen molar-refractivity contribution in [2.45, 2.75) is 13.3 Å². The maximum Gasteiger partial charge on any atom is 0.243 e. The molecular formula is C9H19ClN2O. The van der Waals surface area contributed by atoms with Crippen LogP contribution in [0.4, 0.5) is 0 Å². The first kappa shape index (κ1) is 15.0. The van der Waals surface area contributed by atoms with Gasteiger partial charge < -0.3 is 22.6 Å². The number of halogens is 1. The molecule has 0 rings (SSSR count). The van der Waals surface area contributed by atoms with Crippen LogP contribution in [0.25, 0.3) is 0 Å². The first-order valence-corrected chi connectivity index (χ1v) is 4.42. The van der Waals surface area contributed by atoms with Gasteiger partial charge in [0, 0.05) is 13.0 Å². The van der Waals surface area contributed by atoms with Crippen molar-refractivity contribution in [2.75, 3.05) is 26.7 Å². The second-order valence-corrected chi connectivity index (χ2v) is 2.91. The van der Waals surface area contributed by atoms with E-state index in [0.717, 1.165) is 26.1 Å². The Kier molecular flexibility index (Phi) is 11.0. The summed E-state index contributed by atoms with van der Waals surface area (Å²) in [6.45, 7) is 8.52. The SMILES string of the molecule is C=CC(=O)NCCC[NH+](C)CC.[Cl-]. The van der Waals surface area contributed by atoms with Gasteiger partial charge in [-0.25, -0.2) is 0 Å².